The maximum atomic E-state index is 13.9. The van der Waals surface area contributed by atoms with E-state index in [0.717, 1.165) is 0 Å². The molecule has 1 N–H and O–H groups in total. The van der Waals surface area contributed by atoms with E-state index in [-0.39, 0.29) is 17.0 Å². The molecule has 108 valence electrons. The first-order chi connectivity index (χ1) is 9.44. The van der Waals surface area contributed by atoms with Crippen molar-refractivity contribution in [2.45, 2.75) is 31.7 Å². The average Bonchev–Trinajstić information content (AvgIpc) is 2.86. The Bertz CT molecular complexity index is 563. The predicted molar refractivity (Wildman–Crippen MR) is 72.3 cm³/mol. The molecule has 6 heteroatoms. The highest BCUT2D eigenvalue weighted by Crippen LogP contribution is 2.34. The van der Waals surface area contributed by atoms with Gasteiger partial charge in [0.1, 0.15) is 5.54 Å². The molecule has 1 heterocycles. The van der Waals surface area contributed by atoms with E-state index in [4.69, 9.17) is 11.6 Å². The first-order valence-corrected chi connectivity index (χ1v) is 6.81. The Hall–Kier alpha value is -1.62. The van der Waals surface area contributed by atoms with Crippen LogP contribution in [0, 0.1) is 5.82 Å². The molecule has 0 bridgehead atoms. The molecule has 1 atom stereocenters. The molecule has 0 aromatic heterocycles. The molecule has 1 aromatic carbocycles. The summed E-state index contributed by atoms with van der Waals surface area (Å²) in [6.07, 6.45) is 1.26. The molecule has 2 rings (SSSR count). The van der Waals surface area contributed by atoms with Crippen LogP contribution >= 0.6 is 11.6 Å². The fourth-order valence-electron chi connectivity index (χ4n) is 2.73. The second-order valence-corrected chi connectivity index (χ2v) is 5.26. The summed E-state index contributed by atoms with van der Waals surface area (Å²) >= 11 is 5.67. The van der Waals surface area contributed by atoms with Crippen molar-refractivity contribution in [3.05, 3.63) is 34.6 Å². The monoisotopic (exact) mass is 299 g/mol. The maximum Gasteiger partial charge on any atom is 0.329 e. The minimum atomic E-state index is -1.24. The van der Waals surface area contributed by atoms with Crippen molar-refractivity contribution in [1.29, 1.82) is 0 Å². The summed E-state index contributed by atoms with van der Waals surface area (Å²) in [6.45, 7) is 2.03. The van der Waals surface area contributed by atoms with Crippen molar-refractivity contribution in [3.8, 4) is 0 Å². The van der Waals surface area contributed by atoms with Gasteiger partial charge in [-0.1, -0.05) is 24.6 Å². The highest BCUT2D eigenvalue weighted by atomic mass is 35.5. The van der Waals surface area contributed by atoms with Gasteiger partial charge in [0.25, 0.3) is 5.91 Å². The molecule has 20 heavy (non-hydrogen) atoms. The normalized spacial score (nSPS) is 22.1. The van der Waals surface area contributed by atoms with Crippen LogP contribution in [-0.2, 0) is 4.79 Å². The zero-order valence-electron chi connectivity index (χ0n) is 11.0. The third-order valence-corrected chi connectivity index (χ3v) is 4.19. The first kappa shape index (κ1) is 14.8. The van der Waals surface area contributed by atoms with Gasteiger partial charge in [-0.2, -0.15) is 0 Å². The van der Waals surface area contributed by atoms with Crippen molar-refractivity contribution in [1.82, 2.24) is 4.90 Å². The van der Waals surface area contributed by atoms with Crippen molar-refractivity contribution < 1.29 is 19.1 Å². The topological polar surface area (TPSA) is 57.6 Å². The largest absolute Gasteiger partial charge is 0.479 e. The maximum absolute atomic E-state index is 13.9. The minimum absolute atomic E-state index is 0.146. The van der Waals surface area contributed by atoms with Crippen molar-refractivity contribution >= 4 is 23.5 Å². The highest BCUT2D eigenvalue weighted by Gasteiger charge is 2.49. The van der Waals surface area contributed by atoms with E-state index in [1.165, 1.54) is 23.1 Å². The molecule has 1 amide bonds. The second-order valence-electron chi connectivity index (χ2n) is 4.85. The van der Waals surface area contributed by atoms with Gasteiger partial charge >= 0.3 is 5.97 Å². The van der Waals surface area contributed by atoms with Gasteiger partial charge in [-0.3, -0.25) is 4.79 Å². The number of likely N-dealkylation sites (tertiary alicyclic amines) is 1. The number of nitrogens with zero attached hydrogens (tertiary/aromatic N) is 1. The summed E-state index contributed by atoms with van der Waals surface area (Å²) in [5.74, 6) is -2.47. The zero-order valence-corrected chi connectivity index (χ0v) is 11.8. The second kappa shape index (κ2) is 5.40. The number of hydrogen-bond donors (Lipinski definition) is 1. The van der Waals surface area contributed by atoms with Crippen LogP contribution in [0.25, 0.3) is 0 Å². The minimum Gasteiger partial charge on any atom is -0.479 e. The van der Waals surface area contributed by atoms with Crippen molar-refractivity contribution in [3.63, 3.8) is 0 Å². The molecular weight excluding hydrogens is 285 g/mol. The number of rotatable bonds is 3. The molecule has 1 aromatic rings. The van der Waals surface area contributed by atoms with Crippen LogP contribution in [0.15, 0.2) is 18.2 Å². The van der Waals surface area contributed by atoms with E-state index in [1.54, 1.807) is 6.92 Å². The number of carboxylic acids is 1. The van der Waals surface area contributed by atoms with Crippen LogP contribution < -0.4 is 0 Å². The smallest absolute Gasteiger partial charge is 0.329 e. The fraction of sp³-hybridized carbons (Fsp3) is 0.429. The van der Waals surface area contributed by atoms with E-state index in [2.05, 4.69) is 0 Å². The van der Waals surface area contributed by atoms with Gasteiger partial charge in [0.2, 0.25) is 0 Å². The van der Waals surface area contributed by atoms with E-state index in [1.807, 2.05) is 0 Å². The number of aliphatic carboxylic acids is 1. The number of benzene rings is 1. The Kier molecular flexibility index (Phi) is 3.99. The summed E-state index contributed by atoms with van der Waals surface area (Å²) in [5, 5.41) is 9.29. The van der Waals surface area contributed by atoms with Gasteiger partial charge in [-0.05, 0) is 31.4 Å². The summed E-state index contributed by atoms with van der Waals surface area (Å²) in [7, 11) is 0. The van der Waals surface area contributed by atoms with Crippen LogP contribution in [0.5, 0.6) is 0 Å². The Balaban J connectivity index is 2.42. The average molecular weight is 300 g/mol. The molecule has 0 saturated carbocycles. The van der Waals surface area contributed by atoms with Gasteiger partial charge in [0, 0.05) is 6.54 Å². The lowest BCUT2D eigenvalue weighted by Gasteiger charge is -2.34. The number of amides is 1. The van der Waals surface area contributed by atoms with E-state index < -0.39 is 23.2 Å². The standard InChI is InChI=1S/C14H15ClFNO3/c1-2-14(13(19)20)7-4-8-17(14)12(18)9-5-3-6-10(15)11(9)16/h3,5-6H,2,4,7-8H2,1H3,(H,19,20). The molecule has 0 radical (unpaired) electrons. The SMILES string of the molecule is CCC1(C(=O)O)CCCN1C(=O)c1cccc(Cl)c1F. The molecule has 1 fully saturated rings. The molecule has 0 spiro atoms. The summed E-state index contributed by atoms with van der Waals surface area (Å²) in [5.41, 5.74) is -1.43. The van der Waals surface area contributed by atoms with Crippen LogP contribution in [0.2, 0.25) is 5.02 Å². The van der Waals surface area contributed by atoms with Crippen LogP contribution in [0.4, 0.5) is 4.39 Å². The number of carboxylic acid groups (broad SMARTS) is 1. The van der Waals surface area contributed by atoms with Gasteiger partial charge in [-0.25, -0.2) is 9.18 Å². The zero-order chi connectivity index (χ0) is 14.9. The fourth-order valence-corrected chi connectivity index (χ4v) is 2.90. The van der Waals surface area contributed by atoms with Gasteiger partial charge in [-0.15, -0.1) is 0 Å². The molecule has 1 saturated heterocycles. The number of carbonyl (C=O) groups excluding carboxylic acids is 1. The van der Waals surface area contributed by atoms with Crippen molar-refractivity contribution in [2.75, 3.05) is 6.54 Å². The molecular formula is C14H15ClFNO3. The van der Waals surface area contributed by atoms with E-state index in [9.17, 15) is 19.1 Å². The summed E-state index contributed by atoms with van der Waals surface area (Å²) < 4.78 is 13.9. The Morgan fingerprint density at radius 1 is 1.50 bits per heavy atom. The molecule has 4 nitrogen and oxygen atoms in total. The summed E-state index contributed by atoms with van der Waals surface area (Å²) in [6, 6.07) is 4.15. The quantitative estimate of drug-likeness (QED) is 0.933. The highest BCUT2D eigenvalue weighted by molar-refractivity contribution is 6.31. The lowest BCUT2D eigenvalue weighted by molar-refractivity contribution is -0.148. The Morgan fingerprint density at radius 3 is 2.80 bits per heavy atom. The summed E-state index contributed by atoms with van der Waals surface area (Å²) in [4.78, 5) is 25.3. The van der Waals surface area contributed by atoms with Gasteiger partial charge < -0.3 is 10.0 Å². The van der Waals surface area contributed by atoms with E-state index >= 15 is 0 Å². The van der Waals surface area contributed by atoms with Crippen LogP contribution in [0.1, 0.15) is 36.5 Å². The van der Waals surface area contributed by atoms with Crippen molar-refractivity contribution in [2.24, 2.45) is 0 Å². The van der Waals surface area contributed by atoms with Gasteiger partial charge in [0.05, 0.1) is 10.6 Å². The lowest BCUT2D eigenvalue weighted by atomic mass is 9.92. The third-order valence-electron chi connectivity index (χ3n) is 3.90. The van der Waals surface area contributed by atoms with E-state index in [0.29, 0.717) is 19.4 Å². The Morgan fingerprint density at radius 2 is 2.20 bits per heavy atom. The Labute approximate surface area is 121 Å². The number of halogens is 2. The van der Waals surface area contributed by atoms with Crippen LogP contribution in [0.3, 0.4) is 0 Å². The molecule has 1 unspecified atom stereocenters. The van der Waals surface area contributed by atoms with Gasteiger partial charge in [0.15, 0.2) is 5.82 Å². The first-order valence-electron chi connectivity index (χ1n) is 6.43. The third kappa shape index (κ3) is 2.16. The number of hydrogen-bond acceptors (Lipinski definition) is 2. The molecule has 0 aliphatic carbocycles. The number of carbonyl (C=O) groups is 2. The van der Waals surface area contributed by atoms with Crippen LogP contribution in [-0.4, -0.2) is 34.0 Å². The predicted octanol–water partition coefficient (Wildman–Crippen LogP) is 2.95. The molecule has 1 aliphatic rings. The molecule has 1 aliphatic heterocycles. The lowest BCUT2D eigenvalue weighted by Crippen LogP contribution is -2.52.